The minimum absolute atomic E-state index is 0.102. The number of likely N-dealkylation sites (tertiary alicyclic amines) is 2. The predicted octanol–water partition coefficient (Wildman–Crippen LogP) is 2.55. The highest BCUT2D eigenvalue weighted by Crippen LogP contribution is 2.26. The lowest BCUT2D eigenvalue weighted by molar-refractivity contribution is 0.0655. The van der Waals surface area contributed by atoms with Crippen LogP contribution in [0.4, 0.5) is 0 Å². The second-order valence-corrected chi connectivity index (χ2v) is 7.38. The molecule has 0 unspecified atom stereocenters. The van der Waals surface area contributed by atoms with Crippen molar-refractivity contribution >= 4 is 5.91 Å². The SMILES string of the molecule is O=C(c1ccccc1OC[C@H]1CCCO1)N1CC[C@@H](N2CCCC2)C1. The lowest BCUT2D eigenvalue weighted by atomic mass is 10.1. The van der Waals surface area contributed by atoms with Gasteiger partial charge >= 0.3 is 0 Å². The Morgan fingerprint density at radius 2 is 1.96 bits per heavy atom. The van der Waals surface area contributed by atoms with Crippen molar-refractivity contribution in [3.05, 3.63) is 29.8 Å². The number of benzene rings is 1. The van der Waals surface area contributed by atoms with Gasteiger partial charge in [0.2, 0.25) is 0 Å². The Bertz CT molecular complexity index is 594. The molecule has 1 aromatic rings. The van der Waals surface area contributed by atoms with E-state index in [0.29, 0.717) is 24.0 Å². The van der Waals surface area contributed by atoms with Crippen LogP contribution in [0.5, 0.6) is 5.75 Å². The van der Waals surface area contributed by atoms with Gasteiger partial charge in [-0.15, -0.1) is 0 Å². The molecule has 2 atom stereocenters. The van der Waals surface area contributed by atoms with Crippen LogP contribution < -0.4 is 4.74 Å². The third-order valence-electron chi connectivity index (χ3n) is 5.67. The zero-order valence-electron chi connectivity index (χ0n) is 14.9. The van der Waals surface area contributed by atoms with Crippen LogP contribution in [-0.4, -0.2) is 67.2 Å². The Morgan fingerprint density at radius 3 is 2.76 bits per heavy atom. The zero-order valence-corrected chi connectivity index (χ0v) is 14.9. The number of hydrogen-bond donors (Lipinski definition) is 0. The molecule has 0 bridgehead atoms. The number of hydrogen-bond acceptors (Lipinski definition) is 4. The first-order valence-corrected chi connectivity index (χ1v) is 9.68. The number of nitrogens with zero attached hydrogens (tertiary/aromatic N) is 2. The highest BCUT2D eigenvalue weighted by molar-refractivity contribution is 5.97. The summed E-state index contributed by atoms with van der Waals surface area (Å²) in [6, 6.07) is 8.16. The maximum Gasteiger partial charge on any atom is 0.257 e. The summed E-state index contributed by atoms with van der Waals surface area (Å²) in [4.78, 5) is 17.6. The van der Waals surface area contributed by atoms with Crippen molar-refractivity contribution in [2.75, 3.05) is 39.4 Å². The van der Waals surface area contributed by atoms with Crippen molar-refractivity contribution in [3.8, 4) is 5.75 Å². The lowest BCUT2D eigenvalue weighted by Gasteiger charge is -2.24. The highest BCUT2D eigenvalue weighted by atomic mass is 16.5. The summed E-state index contributed by atoms with van der Waals surface area (Å²) in [6.45, 7) is 5.42. The predicted molar refractivity (Wildman–Crippen MR) is 96.0 cm³/mol. The molecule has 1 aromatic carbocycles. The van der Waals surface area contributed by atoms with E-state index in [9.17, 15) is 4.79 Å². The van der Waals surface area contributed by atoms with Gasteiger partial charge in [0.25, 0.3) is 5.91 Å². The third-order valence-corrected chi connectivity index (χ3v) is 5.67. The molecule has 1 amide bonds. The molecule has 0 aliphatic carbocycles. The summed E-state index contributed by atoms with van der Waals surface area (Å²) in [5.74, 6) is 0.789. The van der Waals surface area contributed by atoms with E-state index in [1.807, 2.05) is 29.2 Å². The van der Waals surface area contributed by atoms with Crippen molar-refractivity contribution in [1.29, 1.82) is 0 Å². The van der Waals surface area contributed by atoms with Crippen molar-refractivity contribution in [2.45, 2.75) is 44.2 Å². The van der Waals surface area contributed by atoms with E-state index in [0.717, 1.165) is 39.0 Å². The normalized spacial score (nSPS) is 27.1. The van der Waals surface area contributed by atoms with Gasteiger partial charge in [0.1, 0.15) is 12.4 Å². The van der Waals surface area contributed by atoms with Crippen LogP contribution in [0, 0.1) is 0 Å². The van der Waals surface area contributed by atoms with Crippen LogP contribution in [0.25, 0.3) is 0 Å². The molecule has 0 spiro atoms. The van der Waals surface area contributed by atoms with Gasteiger partial charge in [-0.25, -0.2) is 0 Å². The van der Waals surface area contributed by atoms with Crippen LogP contribution in [0.2, 0.25) is 0 Å². The van der Waals surface area contributed by atoms with E-state index >= 15 is 0 Å². The summed E-state index contributed by atoms with van der Waals surface area (Å²) in [5.41, 5.74) is 0.683. The van der Waals surface area contributed by atoms with E-state index in [4.69, 9.17) is 9.47 Å². The van der Waals surface area contributed by atoms with Gasteiger partial charge in [-0.05, 0) is 57.3 Å². The smallest absolute Gasteiger partial charge is 0.257 e. The molecule has 5 nitrogen and oxygen atoms in total. The molecule has 3 aliphatic rings. The number of ether oxygens (including phenoxy) is 2. The van der Waals surface area contributed by atoms with Crippen LogP contribution >= 0.6 is 0 Å². The molecule has 25 heavy (non-hydrogen) atoms. The Balaban J connectivity index is 1.39. The highest BCUT2D eigenvalue weighted by Gasteiger charge is 2.32. The number of carbonyl (C=O) groups is 1. The molecule has 0 saturated carbocycles. The van der Waals surface area contributed by atoms with E-state index in [-0.39, 0.29) is 12.0 Å². The number of carbonyl (C=O) groups excluding carboxylic acids is 1. The van der Waals surface area contributed by atoms with E-state index in [1.54, 1.807) is 0 Å². The van der Waals surface area contributed by atoms with E-state index in [2.05, 4.69) is 4.90 Å². The molecule has 0 radical (unpaired) electrons. The molecule has 0 N–H and O–H groups in total. The average Bonchev–Trinajstić information content (AvgIpc) is 3.41. The molecular weight excluding hydrogens is 316 g/mol. The molecule has 4 rings (SSSR count). The molecule has 5 heteroatoms. The van der Waals surface area contributed by atoms with Gasteiger partial charge in [-0.2, -0.15) is 0 Å². The fourth-order valence-electron chi connectivity index (χ4n) is 4.23. The van der Waals surface area contributed by atoms with Crippen LogP contribution in [0.1, 0.15) is 42.5 Å². The van der Waals surface area contributed by atoms with Crippen molar-refractivity contribution in [3.63, 3.8) is 0 Å². The van der Waals surface area contributed by atoms with Crippen LogP contribution in [0.3, 0.4) is 0 Å². The van der Waals surface area contributed by atoms with Crippen molar-refractivity contribution in [2.24, 2.45) is 0 Å². The monoisotopic (exact) mass is 344 g/mol. The molecule has 3 aliphatic heterocycles. The average molecular weight is 344 g/mol. The summed E-state index contributed by atoms with van der Waals surface area (Å²) < 4.78 is 11.6. The standard InChI is InChI=1S/C20H28N2O3/c23-20(22-12-9-16(14-22)21-10-3-4-11-21)18-7-1-2-8-19(18)25-15-17-6-5-13-24-17/h1-2,7-8,16-17H,3-6,9-15H2/t16-,17-/m1/s1. The third kappa shape index (κ3) is 3.82. The second kappa shape index (κ2) is 7.75. The number of rotatable bonds is 5. The first kappa shape index (κ1) is 16.9. The summed E-state index contributed by atoms with van der Waals surface area (Å²) >= 11 is 0. The van der Waals surface area contributed by atoms with Crippen molar-refractivity contribution in [1.82, 2.24) is 9.80 Å². The van der Waals surface area contributed by atoms with Crippen molar-refractivity contribution < 1.29 is 14.3 Å². The molecule has 3 fully saturated rings. The van der Waals surface area contributed by atoms with Crippen LogP contribution in [-0.2, 0) is 4.74 Å². The maximum absolute atomic E-state index is 13.0. The Kier molecular flexibility index (Phi) is 5.22. The minimum atomic E-state index is 0.102. The molecule has 3 heterocycles. The summed E-state index contributed by atoms with van der Waals surface area (Å²) in [5, 5.41) is 0. The first-order valence-electron chi connectivity index (χ1n) is 9.68. The van der Waals surface area contributed by atoms with Gasteiger partial charge in [0.05, 0.1) is 11.7 Å². The Labute approximate surface area is 149 Å². The number of amides is 1. The molecule has 0 aromatic heterocycles. The van der Waals surface area contributed by atoms with Gasteiger partial charge in [-0.1, -0.05) is 12.1 Å². The second-order valence-electron chi connectivity index (χ2n) is 7.38. The number of para-hydroxylation sites is 1. The fraction of sp³-hybridized carbons (Fsp3) is 0.650. The van der Waals surface area contributed by atoms with E-state index < -0.39 is 0 Å². The topological polar surface area (TPSA) is 42.0 Å². The van der Waals surface area contributed by atoms with Gasteiger partial charge < -0.3 is 14.4 Å². The van der Waals surface area contributed by atoms with Crippen LogP contribution in [0.15, 0.2) is 24.3 Å². The molecular formula is C20H28N2O3. The Hall–Kier alpha value is -1.59. The van der Waals surface area contributed by atoms with Gasteiger partial charge in [0, 0.05) is 25.7 Å². The van der Waals surface area contributed by atoms with Gasteiger partial charge in [0.15, 0.2) is 0 Å². The van der Waals surface area contributed by atoms with Gasteiger partial charge in [-0.3, -0.25) is 9.69 Å². The zero-order chi connectivity index (χ0) is 17.1. The fourth-order valence-corrected chi connectivity index (χ4v) is 4.23. The lowest BCUT2D eigenvalue weighted by Crippen LogP contribution is -2.37. The first-order chi connectivity index (χ1) is 12.3. The van der Waals surface area contributed by atoms with E-state index in [1.165, 1.54) is 25.9 Å². The minimum Gasteiger partial charge on any atom is -0.490 e. The quantitative estimate of drug-likeness (QED) is 0.823. The summed E-state index contributed by atoms with van der Waals surface area (Å²) in [6.07, 6.45) is 5.98. The summed E-state index contributed by atoms with van der Waals surface area (Å²) in [7, 11) is 0. The maximum atomic E-state index is 13.0. The molecule has 136 valence electrons. The largest absolute Gasteiger partial charge is 0.490 e. The molecule has 3 saturated heterocycles. The Morgan fingerprint density at radius 1 is 1.12 bits per heavy atom.